The minimum absolute atomic E-state index is 0.261. The third-order valence-corrected chi connectivity index (χ3v) is 4.06. The van der Waals surface area contributed by atoms with Crippen molar-refractivity contribution in [1.82, 2.24) is 9.03 Å². The molecule has 1 fully saturated rings. The molecule has 1 aliphatic rings. The van der Waals surface area contributed by atoms with Crippen LogP contribution in [0.15, 0.2) is 30.3 Å². The van der Waals surface area contributed by atoms with E-state index < -0.39 is 16.1 Å². The van der Waals surface area contributed by atoms with Crippen LogP contribution in [0.2, 0.25) is 0 Å². The predicted molar refractivity (Wildman–Crippen MR) is 65.2 cm³/mol. The van der Waals surface area contributed by atoms with Crippen molar-refractivity contribution in [2.24, 2.45) is 0 Å². The molecule has 1 aromatic carbocycles. The number of amides is 1. The molecule has 0 unspecified atom stereocenters. The molecule has 1 heterocycles. The molecule has 2 rings (SSSR count). The summed E-state index contributed by atoms with van der Waals surface area (Å²) in [5.74, 6) is -0.623. The first-order valence-corrected chi connectivity index (χ1v) is 6.98. The lowest BCUT2D eigenvalue weighted by atomic mass is 10.2. The Morgan fingerprint density at radius 3 is 2.39 bits per heavy atom. The van der Waals surface area contributed by atoms with Crippen molar-refractivity contribution in [3.05, 3.63) is 35.9 Å². The quantitative estimate of drug-likeness (QED) is 0.838. The summed E-state index contributed by atoms with van der Waals surface area (Å²) in [7, 11) is -3.78. The first-order chi connectivity index (χ1) is 8.59. The van der Waals surface area contributed by atoms with Gasteiger partial charge in [0.1, 0.15) is 0 Å². The molecule has 0 aliphatic carbocycles. The third kappa shape index (κ3) is 3.06. The van der Waals surface area contributed by atoms with Gasteiger partial charge < -0.3 is 4.74 Å². The van der Waals surface area contributed by atoms with E-state index in [1.54, 1.807) is 30.3 Å². The van der Waals surface area contributed by atoms with Crippen molar-refractivity contribution in [2.75, 3.05) is 26.3 Å². The number of hydrogen-bond donors (Lipinski definition) is 1. The normalized spacial score (nSPS) is 17.3. The van der Waals surface area contributed by atoms with Crippen molar-refractivity contribution in [3.8, 4) is 0 Å². The minimum atomic E-state index is -3.78. The molecule has 18 heavy (non-hydrogen) atoms. The number of hydrogen-bond acceptors (Lipinski definition) is 4. The molecule has 1 aliphatic heterocycles. The number of morpholine rings is 1. The molecule has 0 radical (unpaired) electrons. The second-order valence-corrected chi connectivity index (χ2v) is 5.48. The summed E-state index contributed by atoms with van der Waals surface area (Å²) in [5.41, 5.74) is 0.314. The standard InChI is InChI=1S/C11H14N2O4S/c14-11(10-4-2-1-3-5-10)12-18(15,16)13-6-8-17-9-7-13/h1-5H,6-9H2,(H,12,14). The van der Waals surface area contributed by atoms with E-state index in [-0.39, 0.29) is 13.1 Å². The van der Waals surface area contributed by atoms with Crippen LogP contribution < -0.4 is 4.72 Å². The summed E-state index contributed by atoms with van der Waals surface area (Å²) in [6, 6.07) is 8.23. The van der Waals surface area contributed by atoms with E-state index in [4.69, 9.17) is 4.74 Å². The largest absolute Gasteiger partial charge is 0.379 e. The Hall–Kier alpha value is -1.44. The monoisotopic (exact) mass is 270 g/mol. The van der Waals surface area contributed by atoms with E-state index in [1.807, 2.05) is 4.72 Å². The zero-order valence-electron chi connectivity index (χ0n) is 9.70. The maximum atomic E-state index is 11.9. The summed E-state index contributed by atoms with van der Waals surface area (Å²) in [6.07, 6.45) is 0. The lowest BCUT2D eigenvalue weighted by molar-refractivity contribution is 0.0719. The Morgan fingerprint density at radius 1 is 1.17 bits per heavy atom. The van der Waals surface area contributed by atoms with Crippen LogP contribution in [0.1, 0.15) is 10.4 Å². The van der Waals surface area contributed by atoms with E-state index >= 15 is 0 Å². The SMILES string of the molecule is O=C(NS(=O)(=O)N1CCOCC1)c1ccccc1. The van der Waals surface area contributed by atoms with Crippen molar-refractivity contribution in [3.63, 3.8) is 0 Å². The first kappa shape index (κ1) is 13.0. The molecule has 0 spiro atoms. The highest BCUT2D eigenvalue weighted by atomic mass is 32.2. The number of carbonyl (C=O) groups excluding carboxylic acids is 1. The third-order valence-electron chi connectivity index (χ3n) is 2.57. The molecule has 1 saturated heterocycles. The smallest absolute Gasteiger partial charge is 0.304 e. The summed E-state index contributed by atoms with van der Waals surface area (Å²) in [4.78, 5) is 11.8. The summed E-state index contributed by atoms with van der Waals surface area (Å²) in [5, 5.41) is 0. The van der Waals surface area contributed by atoms with E-state index in [0.717, 1.165) is 0 Å². The molecular weight excluding hydrogens is 256 g/mol. The number of nitrogens with one attached hydrogen (secondary N) is 1. The second-order valence-electron chi connectivity index (χ2n) is 3.81. The van der Waals surface area contributed by atoms with Gasteiger partial charge in [0.25, 0.3) is 5.91 Å². The minimum Gasteiger partial charge on any atom is -0.379 e. The van der Waals surface area contributed by atoms with Crippen molar-refractivity contribution in [1.29, 1.82) is 0 Å². The molecule has 0 atom stereocenters. The van der Waals surface area contributed by atoms with E-state index in [2.05, 4.69) is 0 Å². The fraction of sp³-hybridized carbons (Fsp3) is 0.364. The molecule has 0 aromatic heterocycles. The van der Waals surface area contributed by atoms with Gasteiger partial charge in [-0.3, -0.25) is 4.79 Å². The average molecular weight is 270 g/mol. The molecule has 6 nitrogen and oxygen atoms in total. The van der Waals surface area contributed by atoms with E-state index in [0.29, 0.717) is 18.8 Å². The highest BCUT2D eigenvalue weighted by molar-refractivity contribution is 7.87. The first-order valence-electron chi connectivity index (χ1n) is 5.54. The number of benzene rings is 1. The van der Waals surface area contributed by atoms with E-state index in [1.165, 1.54) is 4.31 Å². The molecule has 7 heteroatoms. The highest BCUT2D eigenvalue weighted by Crippen LogP contribution is 2.05. The van der Waals surface area contributed by atoms with Crippen LogP contribution in [0, 0.1) is 0 Å². The number of nitrogens with zero attached hydrogens (tertiary/aromatic N) is 1. The van der Waals surface area contributed by atoms with Crippen molar-refractivity contribution in [2.45, 2.75) is 0 Å². The van der Waals surface area contributed by atoms with Crippen LogP contribution in [0.25, 0.3) is 0 Å². The van der Waals surface area contributed by atoms with Crippen LogP contribution >= 0.6 is 0 Å². The molecule has 0 saturated carbocycles. The topological polar surface area (TPSA) is 75.7 Å². The lowest BCUT2D eigenvalue weighted by Crippen LogP contribution is -2.48. The summed E-state index contributed by atoms with van der Waals surface area (Å²) in [6.45, 7) is 1.22. The predicted octanol–water partition coefficient (Wildman–Crippen LogP) is -0.00660. The van der Waals surface area contributed by atoms with Crippen LogP contribution in [0.3, 0.4) is 0 Å². The van der Waals surface area contributed by atoms with Crippen LogP contribution in [-0.2, 0) is 14.9 Å². The molecule has 1 N–H and O–H groups in total. The fourth-order valence-electron chi connectivity index (χ4n) is 1.62. The Labute approximate surface area is 106 Å². The van der Waals surface area contributed by atoms with Gasteiger partial charge in [-0.25, -0.2) is 4.72 Å². The Balaban J connectivity index is 2.06. The maximum Gasteiger partial charge on any atom is 0.304 e. The number of ether oxygens (including phenoxy) is 1. The van der Waals surface area contributed by atoms with Crippen molar-refractivity contribution >= 4 is 16.1 Å². The van der Waals surface area contributed by atoms with Crippen molar-refractivity contribution < 1.29 is 17.9 Å². The molecule has 98 valence electrons. The summed E-state index contributed by atoms with van der Waals surface area (Å²) < 4.78 is 32.1. The van der Waals surface area contributed by atoms with Crippen LogP contribution in [-0.4, -0.2) is 44.9 Å². The van der Waals surface area contributed by atoms with Gasteiger partial charge in [-0.1, -0.05) is 18.2 Å². The Kier molecular flexibility index (Phi) is 3.95. The lowest BCUT2D eigenvalue weighted by Gasteiger charge is -2.25. The second kappa shape index (κ2) is 5.47. The molecule has 1 amide bonds. The Bertz CT molecular complexity index is 509. The van der Waals surface area contributed by atoms with Crippen LogP contribution in [0.5, 0.6) is 0 Å². The number of carbonyl (C=O) groups is 1. The molecule has 1 aromatic rings. The van der Waals surface area contributed by atoms with Crippen LogP contribution in [0.4, 0.5) is 0 Å². The van der Waals surface area contributed by atoms with Gasteiger partial charge in [0.05, 0.1) is 13.2 Å². The zero-order valence-corrected chi connectivity index (χ0v) is 10.5. The molecule has 0 bridgehead atoms. The average Bonchev–Trinajstić information content (AvgIpc) is 2.40. The van der Waals surface area contributed by atoms with E-state index in [9.17, 15) is 13.2 Å². The van der Waals surface area contributed by atoms with Gasteiger partial charge in [-0.15, -0.1) is 0 Å². The summed E-state index contributed by atoms with van der Waals surface area (Å²) >= 11 is 0. The maximum absolute atomic E-state index is 11.9. The van der Waals surface area contributed by atoms with Gasteiger partial charge in [-0.05, 0) is 12.1 Å². The Morgan fingerprint density at radius 2 is 1.78 bits per heavy atom. The molecular formula is C11H14N2O4S. The number of rotatable bonds is 3. The van der Waals surface area contributed by atoms with Gasteiger partial charge in [0.15, 0.2) is 0 Å². The zero-order chi connectivity index (χ0) is 13.0. The fourth-order valence-corrected chi connectivity index (χ4v) is 2.73. The van der Waals surface area contributed by atoms with Gasteiger partial charge >= 0.3 is 10.2 Å². The highest BCUT2D eigenvalue weighted by Gasteiger charge is 2.26. The van der Waals surface area contributed by atoms with Gasteiger partial charge in [0.2, 0.25) is 0 Å². The van der Waals surface area contributed by atoms with Gasteiger partial charge in [-0.2, -0.15) is 12.7 Å². The van der Waals surface area contributed by atoms with Gasteiger partial charge in [0, 0.05) is 18.7 Å².